The number of alkyl halides is 1. The van der Waals surface area contributed by atoms with E-state index < -0.39 is 38.2 Å². The van der Waals surface area contributed by atoms with Gasteiger partial charge in [-0.25, -0.2) is 21.6 Å². The van der Waals surface area contributed by atoms with Crippen molar-refractivity contribution < 1.29 is 21.6 Å². The highest BCUT2D eigenvalue weighted by atomic mass is 35.7. The van der Waals surface area contributed by atoms with Gasteiger partial charge in [-0.3, -0.25) is 0 Å². The first-order chi connectivity index (χ1) is 6.79. The standard InChI is InChI=1S/C8H6ClF3O2S/c9-15(13,14)4-8(12)6-3-5(10)1-2-7(6)11/h1-3,8H,4H2. The van der Waals surface area contributed by atoms with Crippen molar-refractivity contribution in [3.05, 3.63) is 35.4 Å². The molecule has 1 unspecified atom stereocenters. The second kappa shape index (κ2) is 4.40. The third-order valence-corrected chi connectivity index (χ3v) is 2.71. The molecule has 0 fully saturated rings. The zero-order valence-electron chi connectivity index (χ0n) is 7.25. The van der Waals surface area contributed by atoms with Crippen molar-refractivity contribution in [3.8, 4) is 0 Å². The molecule has 0 spiro atoms. The van der Waals surface area contributed by atoms with E-state index in [-0.39, 0.29) is 0 Å². The molecule has 0 heterocycles. The molecule has 15 heavy (non-hydrogen) atoms. The average molecular weight is 259 g/mol. The SMILES string of the molecule is O=S(=O)(Cl)CC(F)c1cc(F)ccc1F. The lowest BCUT2D eigenvalue weighted by Gasteiger charge is -2.07. The molecule has 0 N–H and O–H groups in total. The monoisotopic (exact) mass is 258 g/mol. The summed E-state index contributed by atoms with van der Waals surface area (Å²) in [4.78, 5) is 0. The molecule has 1 aromatic carbocycles. The van der Waals surface area contributed by atoms with Crippen LogP contribution in [0.15, 0.2) is 18.2 Å². The van der Waals surface area contributed by atoms with Gasteiger partial charge in [0.1, 0.15) is 23.6 Å². The fraction of sp³-hybridized carbons (Fsp3) is 0.250. The van der Waals surface area contributed by atoms with Gasteiger partial charge in [0.05, 0.1) is 0 Å². The molecule has 0 saturated heterocycles. The van der Waals surface area contributed by atoms with Gasteiger partial charge in [0.15, 0.2) is 0 Å². The lowest BCUT2D eigenvalue weighted by molar-refractivity contribution is 0.361. The molecule has 0 aliphatic carbocycles. The molecule has 0 aliphatic heterocycles. The van der Waals surface area contributed by atoms with Crippen LogP contribution >= 0.6 is 10.7 Å². The summed E-state index contributed by atoms with van der Waals surface area (Å²) in [6.45, 7) is 0. The summed E-state index contributed by atoms with van der Waals surface area (Å²) >= 11 is 0. The first kappa shape index (κ1) is 12.3. The van der Waals surface area contributed by atoms with Crippen molar-refractivity contribution >= 4 is 19.7 Å². The number of hydrogen-bond acceptors (Lipinski definition) is 2. The minimum Gasteiger partial charge on any atom is -0.241 e. The topological polar surface area (TPSA) is 34.1 Å². The fourth-order valence-corrected chi connectivity index (χ4v) is 1.88. The number of benzene rings is 1. The van der Waals surface area contributed by atoms with E-state index in [0.717, 1.165) is 12.1 Å². The van der Waals surface area contributed by atoms with Crippen LogP contribution in [0.3, 0.4) is 0 Å². The third kappa shape index (κ3) is 3.71. The summed E-state index contributed by atoms with van der Waals surface area (Å²) in [5.41, 5.74) is -0.653. The van der Waals surface area contributed by atoms with Gasteiger partial charge in [0.2, 0.25) is 9.05 Å². The van der Waals surface area contributed by atoms with Crippen LogP contribution in [0.4, 0.5) is 13.2 Å². The van der Waals surface area contributed by atoms with Crippen molar-refractivity contribution in [2.75, 3.05) is 5.75 Å². The van der Waals surface area contributed by atoms with E-state index in [2.05, 4.69) is 0 Å². The molecule has 0 aromatic heterocycles. The Balaban J connectivity index is 3.00. The molecule has 0 aliphatic rings. The normalized spacial score (nSPS) is 13.9. The van der Waals surface area contributed by atoms with E-state index in [1.807, 2.05) is 0 Å². The molecule has 7 heteroatoms. The van der Waals surface area contributed by atoms with Crippen molar-refractivity contribution in [1.82, 2.24) is 0 Å². The first-order valence-corrected chi connectivity index (χ1v) is 6.29. The van der Waals surface area contributed by atoms with Crippen LogP contribution in [0.1, 0.15) is 11.7 Å². The van der Waals surface area contributed by atoms with Crippen LogP contribution in [0.25, 0.3) is 0 Å². The second-order valence-electron chi connectivity index (χ2n) is 2.84. The molecule has 0 radical (unpaired) electrons. The molecular formula is C8H6ClF3O2S. The molecule has 1 aromatic rings. The van der Waals surface area contributed by atoms with Gasteiger partial charge >= 0.3 is 0 Å². The van der Waals surface area contributed by atoms with Gasteiger partial charge in [-0.1, -0.05) is 0 Å². The Kier molecular flexibility index (Phi) is 3.62. The molecule has 0 bridgehead atoms. The van der Waals surface area contributed by atoms with Gasteiger partial charge in [-0.2, -0.15) is 0 Å². The second-order valence-corrected chi connectivity index (χ2v) is 5.66. The van der Waals surface area contributed by atoms with Crippen LogP contribution in [-0.2, 0) is 9.05 Å². The van der Waals surface area contributed by atoms with Gasteiger partial charge in [0, 0.05) is 16.2 Å². The highest BCUT2D eigenvalue weighted by Crippen LogP contribution is 2.24. The molecule has 0 saturated carbocycles. The molecule has 1 atom stereocenters. The van der Waals surface area contributed by atoms with Crippen LogP contribution in [0, 0.1) is 11.6 Å². The van der Waals surface area contributed by atoms with Crippen molar-refractivity contribution in [2.24, 2.45) is 0 Å². The maximum absolute atomic E-state index is 13.2. The Morgan fingerprint density at radius 1 is 1.33 bits per heavy atom. The van der Waals surface area contributed by atoms with E-state index in [4.69, 9.17) is 10.7 Å². The highest BCUT2D eigenvalue weighted by Gasteiger charge is 2.21. The summed E-state index contributed by atoms with van der Waals surface area (Å²) in [5.74, 6) is -2.94. The Morgan fingerprint density at radius 2 is 1.93 bits per heavy atom. The Hall–Kier alpha value is -0.750. The van der Waals surface area contributed by atoms with Crippen LogP contribution in [0.2, 0.25) is 0 Å². The van der Waals surface area contributed by atoms with E-state index in [1.54, 1.807) is 0 Å². The highest BCUT2D eigenvalue weighted by molar-refractivity contribution is 8.13. The molecule has 0 amide bonds. The van der Waals surface area contributed by atoms with Crippen molar-refractivity contribution in [3.63, 3.8) is 0 Å². The zero-order chi connectivity index (χ0) is 11.6. The first-order valence-electron chi connectivity index (χ1n) is 3.81. The van der Waals surface area contributed by atoms with Gasteiger partial charge in [-0.05, 0) is 18.2 Å². The van der Waals surface area contributed by atoms with Gasteiger partial charge < -0.3 is 0 Å². The summed E-state index contributed by atoms with van der Waals surface area (Å²) in [5, 5.41) is 0. The fourth-order valence-electron chi connectivity index (χ4n) is 1.02. The maximum atomic E-state index is 13.2. The number of rotatable bonds is 3. The van der Waals surface area contributed by atoms with Crippen LogP contribution in [0.5, 0.6) is 0 Å². The van der Waals surface area contributed by atoms with Crippen LogP contribution in [-0.4, -0.2) is 14.2 Å². The number of halogens is 4. The Labute approximate surface area is 89.1 Å². The maximum Gasteiger partial charge on any atom is 0.235 e. The van der Waals surface area contributed by atoms with Gasteiger partial charge in [0.25, 0.3) is 0 Å². The average Bonchev–Trinajstić information content (AvgIpc) is 2.06. The predicted octanol–water partition coefficient (Wildman–Crippen LogP) is 2.54. The van der Waals surface area contributed by atoms with Gasteiger partial charge in [-0.15, -0.1) is 0 Å². The van der Waals surface area contributed by atoms with Crippen molar-refractivity contribution in [2.45, 2.75) is 6.17 Å². The Bertz CT molecular complexity index is 461. The third-order valence-electron chi connectivity index (χ3n) is 1.64. The van der Waals surface area contributed by atoms with Crippen LogP contribution < -0.4 is 0 Å². The molecule has 2 nitrogen and oxygen atoms in total. The van der Waals surface area contributed by atoms with Crippen molar-refractivity contribution in [1.29, 1.82) is 0 Å². The summed E-state index contributed by atoms with van der Waals surface area (Å²) < 4.78 is 59.8. The molecule has 84 valence electrons. The lowest BCUT2D eigenvalue weighted by atomic mass is 10.1. The minimum absolute atomic E-state index is 0.599. The minimum atomic E-state index is -4.09. The predicted molar refractivity (Wildman–Crippen MR) is 49.8 cm³/mol. The number of hydrogen-bond donors (Lipinski definition) is 0. The summed E-state index contributed by atoms with van der Waals surface area (Å²) in [6.07, 6.45) is -2.18. The van der Waals surface area contributed by atoms with E-state index >= 15 is 0 Å². The smallest absolute Gasteiger partial charge is 0.235 e. The molecule has 1 rings (SSSR count). The van der Waals surface area contributed by atoms with E-state index in [9.17, 15) is 21.6 Å². The quantitative estimate of drug-likeness (QED) is 0.781. The molecular weight excluding hydrogens is 253 g/mol. The van der Waals surface area contributed by atoms with E-state index in [1.165, 1.54) is 0 Å². The Morgan fingerprint density at radius 3 is 2.47 bits per heavy atom. The summed E-state index contributed by atoms with van der Waals surface area (Å²) in [7, 11) is 0.693. The summed E-state index contributed by atoms with van der Waals surface area (Å²) in [6, 6.07) is 2.13. The van der Waals surface area contributed by atoms with E-state index in [0.29, 0.717) is 6.07 Å². The zero-order valence-corrected chi connectivity index (χ0v) is 8.83. The lowest BCUT2D eigenvalue weighted by Crippen LogP contribution is -2.07. The largest absolute Gasteiger partial charge is 0.241 e.